The highest BCUT2D eigenvalue weighted by Crippen LogP contribution is 2.16. The number of benzene rings is 2. The molecule has 0 fully saturated rings. The molecule has 0 saturated heterocycles. The molecule has 1 atom stereocenters. The van der Waals surface area contributed by atoms with Gasteiger partial charge in [0, 0.05) is 12.1 Å². The number of carbonyl (C=O) groups is 1. The second-order valence-corrected chi connectivity index (χ2v) is 5.04. The molecule has 0 radical (unpaired) electrons. The van der Waals surface area contributed by atoms with E-state index in [0.29, 0.717) is 13.0 Å². The molecule has 2 aromatic carbocycles. The molecule has 0 spiro atoms. The molecule has 0 aliphatic carbocycles. The fourth-order valence-electron chi connectivity index (χ4n) is 2.08. The Morgan fingerprint density at radius 1 is 1.12 bits per heavy atom. The quantitative estimate of drug-likeness (QED) is 0.655. The van der Waals surface area contributed by atoms with Gasteiger partial charge in [0.05, 0.1) is 13.7 Å². The Hall–Kier alpha value is -2.93. The first-order valence-corrected chi connectivity index (χ1v) is 7.82. The van der Waals surface area contributed by atoms with Gasteiger partial charge in [0.15, 0.2) is 6.04 Å². The van der Waals surface area contributed by atoms with Crippen LogP contribution in [-0.4, -0.2) is 25.7 Å². The van der Waals surface area contributed by atoms with Crippen LogP contribution in [0.1, 0.15) is 12.5 Å². The maximum Gasteiger partial charge on any atom is 0.341 e. The SMILES string of the molecule is CCOC(=O)[C@@H](C#CCc1ccccc1)Nc1ccc(OC)cc1. The van der Waals surface area contributed by atoms with Crippen LogP contribution in [0.2, 0.25) is 0 Å². The zero-order valence-electron chi connectivity index (χ0n) is 13.9. The highest BCUT2D eigenvalue weighted by Gasteiger charge is 2.16. The lowest BCUT2D eigenvalue weighted by molar-refractivity contribution is -0.142. The van der Waals surface area contributed by atoms with E-state index in [1.165, 1.54) is 0 Å². The van der Waals surface area contributed by atoms with E-state index in [0.717, 1.165) is 17.0 Å². The second kappa shape index (κ2) is 9.26. The second-order valence-electron chi connectivity index (χ2n) is 5.04. The number of methoxy groups -OCH3 is 1. The van der Waals surface area contributed by atoms with E-state index in [9.17, 15) is 4.79 Å². The summed E-state index contributed by atoms with van der Waals surface area (Å²) in [6.45, 7) is 2.10. The molecule has 0 heterocycles. The Balaban J connectivity index is 2.08. The highest BCUT2D eigenvalue weighted by atomic mass is 16.5. The molecule has 0 amide bonds. The first-order valence-electron chi connectivity index (χ1n) is 7.82. The van der Waals surface area contributed by atoms with Crippen molar-refractivity contribution in [2.45, 2.75) is 19.4 Å². The van der Waals surface area contributed by atoms with Gasteiger partial charge in [-0.2, -0.15) is 0 Å². The minimum absolute atomic E-state index is 0.319. The molecule has 2 rings (SSSR count). The van der Waals surface area contributed by atoms with Gasteiger partial charge < -0.3 is 14.8 Å². The van der Waals surface area contributed by atoms with Crippen LogP contribution in [0.5, 0.6) is 5.75 Å². The number of ether oxygens (including phenoxy) is 2. The zero-order chi connectivity index (χ0) is 17.2. The van der Waals surface area contributed by atoms with Gasteiger partial charge in [-0.3, -0.25) is 0 Å². The number of hydrogen-bond acceptors (Lipinski definition) is 4. The Morgan fingerprint density at radius 3 is 2.46 bits per heavy atom. The maximum absolute atomic E-state index is 12.1. The normalized spacial score (nSPS) is 10.9. The van der Waals surface area contributed by atoms with E-state index in [4.69, 9.17) is 9.47 Å². The third kappa shape index (κ3) is 5.36. The number of nitrogens with one attached hydrogen (secondary N) is 1. The lowest BCUT2D eigenvalue weighted by atomic mass is 10.1. The van der Waals surface area contributed by atoms with E-state index >= 15 is 0 Å². The largest absolute Gasteiger partial charge is 0.497 e. The van der Waals surface area contributed by atoms with Crippen molar-refractivity contribution in [1.82, 2.24) is 0 Å². The summed E-state index contributed by atoms with van der Waals surface area (Å²) in [5, 5.41) is 3.10. The first-order chi connectivity index (χ1) is 11.7. The van der Waals surface area contributed by atoms with E-state index in [2.05, 4.69) is 17.2 Å². The summed E-state index contributed by atoms with van der Waals surface area (Å²) in [6, 6.07) is 16.5. The van der Waals surface area contributed by atoms with Crippen LogP contribution in [0, 0.1) is 11.8 Å². The molecule has 4 heteroatoms. The highest BCUT2D eigenvalue weighted by molar-refractivity contribution is 5.83. The van der Waals surface area contributed by atoms with Gasteiger partial charge in [-0.05, 0) is 36.8 Å². The molecule has 24 heavy (non-hydrogen) atoms. The topological polar surface area (TPSA) is 47.6 Å². The fraction of sp³-hybridized carbons (Fsp3) is 0.250. The molecule has 0 aliphatic rings. The molecular weight excluding hydrogens is 302 g/mol. The van der Waals surface area contributed by atoms with Crippen molar-refractivity contribution in [2.75, 3.05) is 19.0 Å². The zero-order valence-corrected chi connectivity index (χ0v) is 13.9. The van der Waals surface area contributed by atoms with E-state index in [1.54, 1.807) is 14.0 Å². The molecule has 0 aliphatic heterocycles. The van der Waals surface area contributed by atoms with Crippen LogP contribution < -0.4 is 10.1 Å². The average Bonchev–Trinajstić information content (AvgIpc) is 2.62. The molecule has 2 aromatic rings. The molecule has 0 unspecified atom stereocenters. The van der Waals surface area contributed by atoms with Crippen LogP contribution in [0.4, 0.5) is 5.69 Å². The molecule has 124 valence electrons. The molecule has 0 saturated carbocycles. The Morgan fingerprint density at radius 2 is 1.83 bits per heavy atom. The van der Waals surface area contributed by atoms with Crippen LogP contribution in [0.15, 0.2) is 54.6 Å². The summed E-state index contributed by atoms with van der Waals surface area (Å²) < 4.78 is 10.2. The monoisotopic (exact) mass is 323 g/mol. The molecule has 0 bridgehead atoms. The van der Waals surface area contributed by atoms with Crippen molar-refractivity contribution in [1.29, 1.82) is 0 Å². The fourth-order valence-corrected chi connectivity index (χ4v) is 2.08. The van der Waals surface area contributed by atoms with Crippen molar-refractivity contribution < 1.29 is 14.3 Å². The predicted molar refractivity (Wildman–Crippen MR) is 95.0 cm³/mol. The van der Waals surface area contributed by atoms with Crippen LogP contribution in [0.25, 0.3) is 0 Å². The van der Waals surface area contributed by atoms with Crippen molar-refractivity contribution in [3.63, 3.8) is 0 Å². The number of hydrogen-bond donors (Lipinski definition) is 1. The average molecular weight is 323 g/mol. The molecular formula is C20H21NO3. The van der Waals surface area contributed by atoms with Crippen LogP contribution >= 0.6 is 0 Å². The van der Waals surface area contributed by atoms with Crippen molar-refractivity contribution in [3.8, 4) is 17.6 Å². The van der Waals surface area contributed by atoms with Gasteiger partial charge in [-0.1, -0.05) is 42.2 Å². The Bertz CT molecular complexity index is 699. The Kier molecular flexibility index (Phi) is 6.73. The summed E-state index contributed by atoms with van der Waals surface area (Å²) in [4.78, 5) is 12.1. The van der Waals surface area contributed by atoms with Crippen molar-refractivity contribution >= 4 is 11.7 Å². The van der Waals surface area contributed by atoms with Gasteiger partial charge in [0.25, 0.3) is 0 Å². The van der Waals surface area contributed by atoms with Crippen molar-refractivity contribution in [3.05, 3.63) is 60.2 Å². The molecule has 4 nitrogen and oxygen atoms in total. The van der Waals surface area contributed by atoms with Gasteiger partial charge in [0.2, 0.25) is 0 Å². The molecule has 1 N–H and O–H groups in total. The number of carbonyl (C=O) groups excluding carboxylic acids is 1. The number of anilines is 1. The van der Waals surface area contributed by atoms with Gasteiger partial charge in [-0.15, -0.1) is 0 Å². The van der Waals surface area contributed by atoms with Gasteiger partial charge >= 0.3 is 5.97 Å². The smallest absolute Gasteiger partial charge is 0.341 e. The standard InChI is InChI=1S/C20H21NO3/c1-3-24-20(22)19(11-7-10-16-8-5-4-6-9-16)21-17-12-14-18(23-2)15-13-17/h4-6,8-9,12-15,19,21H,3,10H2,1-2H3/t19-/m1/s1. The van der Waals surface area contributed by atoms with E-state index in [1.807, 2.05) is 54.6 Å². The lowest BCUT2D eigenvalue weighted by Crippen LogP contribution is -2.30. The lowest BCUT2D eigenvalue weighted by Gasteiger charge is -2.13. The summed E-state index contributed by atoms with van der Waals surface area (Å²) in [5.41, 5.74) is 1.89. The van der Waals surface area contributed by atoms with E-state index in [-0.39, 0.29) is 5.97 Å². The third-order valence-electron chi connectivity index (χ3n) is 3.31. The minimum Gasteiger partial charge on any atom is -0.497 e. The van der Waals surface area contributed by atoms with Gasteiger partial charge in [-0.25, -0.2) is 4.79 Å². The Labute approximate surface area is 142 Å². The number of rotatable bonds is 6. The van der Waals surface area contributed by atoms with Crippen LogP contribution in [-0.2, 0) is 16.0 Å². The third-order valence-corrected chi connectivity index (χ3v) is 3.31. The van der Waals surface area contributed by atoms with Crippen LogP contribution in [0.3, 0.4) is 0 Å². The van der Waals surface area contributed by atoms with Gasteiger partial charge in [0.1, 0.15) is 5.75 Å². The van der Waals surface area contributed by atoms with E-state index < -0.39 is 6.04 Å². The van der Waals surface area contributed by atoms with Crippen molar-refractivity contribution in [2.24, 2.45) is 0 Å². The summed E-state index contributed by atoms with van der Waals surface area (Å²) in [5.74, 6) is 6.38. The summed E-state index contributed by atoms with van der Waals surface area (Å²) in [6.07, 6.45) is 0.584. The first kappa shape index (κ1) is 17.4. The predicted octanol–water partition coefficient (Wildman–Crippen LogP) is 3.28. The summed E-state index contributed by atoms with van der Waals surface area (Å²) in [7, 11) is 1.61. The molecule has 0 aromatic heterocycles. The number of esters is 1. The summed E-state index contributed by atoms with van der Waals surface area (Å²) >= 11 is 0. The maximum atomic E-state index is 12.1. The minimum atomic E-state index is -0.706.